The highest BCUT2D eigenvalue weighted by atomic mass is 32.1. The number of hydrogen-bond donors (Lipinski definition) is 1. The highest BCUT2D eigenvalue weighted by Crippen LogP contribution is 2.18. The lowest BCUT2D eigenvalue weighted by Gasteiger charge is -2.30. The molecule has 118 valence electrons. The third kappa shape index (κ3) is 4.63. The topological polar surface area (TPSA) is 28.2 Å². The Bertz CT molecular complexity index is 519. The van der Waals surface area contributed by atoms with Crippen LogP contribution in [0.15, 0.2) is 41.9 Å². The first-order chi connectivity index (χ1) is 10.9. The molecule has 0 bridgehead atoms. The van der Waals surface area contributed by atoms with Crippen molar-refractivity contribution in [2.75, 3.05) is 19.6 Å². The van der Waals surface area contributed by atoms with Gasteiger partial charge in [0.15, 0.2) is 0 Å². The Morgan fingerprint density at radius 1 is 1.18 bits per heavy atom. The summed E-state index contributed by atoms with van der Waals surface area (Å²) in [5, 5.41) is 5.70. The second-order valence-corrected chi connectivity index (χ2v) is 6.99. The molecule has 0 spiro atoms. The largest absolute Gasteiger partial charge is 0.317 e. The molecule has 2 aromatic rings. The van der Waals surface area contributed by atoms with Crippen LogP contribution in [-0.4, -0.2) is 35.6 Å². The van der Waals surface area contributed by atoms with Crippen molar-refractivity contribution in [2.45, 2.75) is 38.3 Å². The van der Waals surface area contributed by atoms with E-state index in [0.29, 0.717) is 6.04 Å². The van der Waals surface area contributed by atoms with Crippen molar-refractivity contribution in [1.29, 1.82) is 0 Å². The average Bonchev–Trinajstić information content (AvgIpc) is 2.93. The lowest BCUT2D eigenvalue weighted by Crippen LogP contribution is -2.37. The standard InChI is InChI=1S/C18H25N3S/c1-2-11-20-16(5-1)15-21(13-9-18-7-4-14-22-18)17-6-3-10-19-12-8-17/h1-2,4-5,7,11,14,17,19H,3,6,8-10,12-13,15H2. The SMILES string of the molecule is c1ccc(CN(CCc2cccs2)C2CCCNCC2)nc1. The molecule has 0 aromatic carbocycles. The van der Waals surface area contributed by atoms with Gasteiger partial charge in [-0.1, -0.05) is 12.1 Å². The quantitative estimate of drug-likeness (QED) is 0.886. The van der Waals surface area contributed by atoms with E-state index < -0.39 is 0 Å². The van der Waals surface area contributed by atoms with Crippen molar-refractivity contribution >= 4 is 11.3 Å². The van der Waals surface area contributed by atoms with Gasteiger partial charge in [-0.3, -0.25) is 9.88 Å². The van der Waals surface area contributed by atoms with Gasteiger partial charge in [0.05, 0.1) is 5.69 Å². The second kappa shape index (κ2) is 8.42. The third-order valence-corrected chi connectivity index (χ3v) is 5.31. The van der Waals surface area contributed by atoms with Crippen molar-refractivity contribution in [3.8, 4) is 0 Å². The Balaban J connectivity index is 1.66. The van der Waals surface area contributed by atoms with E-state index in [1.54, 1.807) is 0 Å². The molecule has 4 heteroatoms. The number of nitrogens with zero attached hydrogens (tertiary/aromatic N) is 2. The molecular formula is C18H25N3S. The summed E-state index contributed by atoms with van der Waals surface area (Å²) < 4.78 is 0. The lowest BCUT2D eigenvalue weighted by molar-refractivity contribution is 0.173. The Hall–Kier alpha value is -1.23. The monoisotopic (exact) mass is 315 g/mol. The average molecular weight is 315 g/mol. The summed E-state index contributed by atoms with van der Waals surface area (Å²) in [5.41, 5.74) is 1.19. The van der Waals surface area contributed by atoms with Crippen molar-refractivity contribution in [1.82, 2.24) is 15.2 Å². The first kappa shape index (κ1) is 15.7. The molecule has 1 unspecified atom stereocenters. The van der Waals surface area contributed by atoms with Crippen molar-refractivity contribution in [2.24, 2.45) is 0 Å². The van der Waals surface area contributed by atoms with Gasteiger partial charge < -0.3 is 5.32 Å². The number of thiophene rings is 1. The molecular weight excluding hydrogens is 290 g/mol. The first-order valence-electron chi connectivity index (χ1n) is 8.29. The van der Waals surface area contributed by atoms with Crippen molar-refractivity contribution in [3.63, 3.8) is 0 Å². The minimum Gasteiger partial charge on any atom is -0.317 e. The molecule has 0 radical (unpaired) electrons. The van der Waals surface area contributed by atoms with Gasteiger partial charge in [0.25, 0.3) is 0 Å². The fourth-order valence-electron chi connectivity index (χ4n) is 3.16. The lowest BCUT2D eigenvalue weighted by atomic mass is 10.1. The van der Waals surface area contributed by atoms with Crippen LogP contribution >= 0.6 is 11.3 Å². The number of rotatable bonds is 6. The van der Waals surface area contributed by atoms with Crippen LogP contribution in [0.25, 0.3) is 0 Å². The molecule has 1 aliphatic rings. The van der Waals surface area contributed by atoms with E-state index in [1.165, 1.54) is 36.4 Å². The summed E-state index contributed by atoms with van der Waals surface area (Å²) in [4.78, 5) is 8.66. The van der Waals surface area contributed by atoms with E-state index in [9.17, 15) is 0 Å². The molecule has 1 atom stereocenters. The van der Waals surface area contributed by atoms with E-state index in [1.807, 2.05) is 23.6 Å². The van der Waals surface area contributed by atoms with E-state index in [0.717, 1.165) is 26.1 Å². The highest BCUT2D eigenvalue weighted by Gasteiger charge is 2.20. The second-order valence-electron chi connectivity index (χ2n) is 5.96. The Kier molecular flexibility index (Phi) is 5.99. The number of hydrogen-bond acceptors (Lipinski definition) is 4. The predicted octanol–water partition coefficient (Wildman–Crippen LogP) is 3.33. The minimum absolute atomic E-state index is 0.678. The molecule has 1 fully saturated rings. The van der Waals surface area contributed by atoms with Gasteiger partial charge in [0.1, 0.15) is 0 Å². The zero-order valence-electron chi connectivity index (χ0n) is 13.1. The van der Waals surface area contributed by atoms with Gasteiger partial charge >= 0.3 is 0 Å². The van der Waals surface area contributed by atoms with Crippen LogP contribution < -0.4 is 5.32 Å². The van der Waals surface area contributed by atoms with Crippen molar-refractivity contribution < 1.29 is 0 Å². The smallest absolute Gasteiger partial charge is 0.0544 e. The Morgan fingerprint density at radius 2 is 2.18 bits per heavy atom. The van der Waals surface area contributed by atoms with Gasteiger partial charge in [-0.25, -0.2) is 0 Å². The van der Waals surface area contributed by atoms with Crippen LogP contribution in [0, 0.1) is 0 Å². The molecule has 0 saturated carbocycles. The number of nitrogens with one attached hydrogen (secondary N) is 1. The van der Waals surface area contributed by atoms with Gasteiger partial charge in [-0.05, 0) is 62.4 Å². The fraction of sp³-hybridized carbons (Fsp3) is 0.500. The molecule has 1 aliphatic heterocycles. The highest BCUT2D eigenvalue weighted by molar-refractivity contribution is 7.09. The molecule has 1 N–H and O–H groups in total. The third-order valence-electron chi connectivity index (χ3n) is 4.38. The molecule has 3 rings (SSSR count). The Morgan fingerprint density at radius 3 is 3.00 bits per heavy atom. The summed E-state index contributed by atoms with van der Waals surface area (Å²) in [6.07, 6.45) is 6.87. The summed E-state index contributed by atoms with van der Waals surface area (Å²) in [6, 6.07) is 11.3. The Labute approximate surface area is 137 Å². The zero-order valence-corrected chi connectivity index (χ0v) is 13.9. The molecule has 2 aromatic heterocycles. The summed E-state index contributed by atoms with van der Waals surface area (Å²) in [5.74, 6) is 0. The zero-order chi connectivity index (χ0) is 15.0. The maximum atomic E-state index is 4.53. The minimum atomic E-state index is 0.678. The van der Waals surface area contributed by atoms with Crippen LogP contribution in [-0.2, 0) is 13.0 Å². The van der Waals surface area contributed by atoms with Gasteiger partial charge in [-0.15, -0.1) is 11.3 Å². The molecule has 22 heavy (non-hydrogen) atoms. The molecule has 3 nitrogen and oxygen atoms in total. The van der Waals surface area contributed by atoms with Gasteiger partial charge in [0, 0.05) is 30.2 Å². The van der Waals surface area contributed by atoms with Crippen LogP contribution in [0.2, 0.25) is 0 Å². The van der Waals surface area contributed by atoms with E-state index >= 15 is 0 Å². The summed E-state index contributed by atoms with van der Waals surface area (Å²) in [6.45, 7) is 4.40. The van der Waals surface area contributed by atoms with Gasteiger partial charge in [-0.2, -0.15) is 0 Å². The molecule has 0 aliphatic carbocycles. The van der Waals surface area contributed by atoms with Crippen LogP contribution in [0.3, 0.4) is 0 Å². The van der Waals surface area contributed by atoms with Crippen LogP contribution in [0.5, 0.6) is 0 Å². The first-order valence-corrected chi connectivity index (χ1v) is 9.17. The van der Waals surface area contributed by atoms with Crippen LogP contribution in [0.1, 0.15) is 29.8 Å². The molecule has 3 heterocycles. The molecule has 1 saturated heterocycles. The normalized spacial score (nSPS) is 19.2. The number of pyridine rings is 1. The maximum absolute atomic E-state index is 4.53. The summed E-state index contributed by atoms with van der Waals surface area (Å²) >= 11 is 1.87. The van der Waals surface area contributed by atoms with E-state index in [-0.39, 0.29) is 0 Å². The van der Waals surface area contributed by atoms with E-state index in [4.69, 9.17) is 0 Å². The van der Waals surface area contributed by atoms with Gasteiger partial charge in [0.2, 0.25) is 0 Å². The number of aromatic nitrogens is 1. The maximum Gasteiger partial charge on any atom is 0.0544 e. The van der Waals surface area contributed by atoms with Crippen LogP contribution in [0.4, 0.5) is 0 Å². The fourth-order valence-corrected chi connectivity index (χ4v) is 3.86. The van der Waals surface area contributed by atoms with Crippen molar-refractivity contribution in [3.05, 3.63) is 52.5 Å². The predicted molar refractivity (Wildman–Crippen MR) is 93.2 cm³/mol. The molecule has 0 amide bonds. The summed E-state index contributed by atoms with van der Waals surface area (Å²) in [7, 11) is 0. The van der Waals surface area contributed by atoms with E-state index in [2.05, 4.69) is 44.8 Å².